The molecule has 0 aromatic heterocycles. The van der Waals surface area contributed by atoms with Gasteiger partial charge in [0.1, 0.15) is 0 Å². The van der Waals surface area contributed by atoms with E-state index in [4.69, 9.17) is 0 Å². The fourth-order valence-electron chi connectivity index (χ4n) is 3.34. The Balaban J connectivity index is 4.05. The number of unbranched alkanes of at least 4 members (excludes halogenated alkanes) is 1. The van der Waals surface area contributed by atoms with Gasteiger partial charge in [-0.25, -0.2) is 0 Å². The Kier molecular flexibility index (Phi) is 19.2. The molecule has 3 heteroatoms. The Hall–Kier alpha value is -1.48. The van der Waals surface area contributed by atoms with E-state index in [0.717, 1.165) is 44.9 Å². The highest BCUT2D eigenvalue weighted by molar-refractivity contribution is 7.80. The van der Waals surface area contributed by atoms with Crippen LogP contribution in [0.3, 0.4) is 0 Å². The molecule has 2 nitrogen and oxygen atoms in total. The normalized spacial score (nSPS) is 13.3. The molecule has 1 N–H and O–H groups in total. The molecule has 0 saturated carbocycles. The van der Waals surface area contributed by atoms with Crippen molar-refractivity contribution in [3.8, 4) is 0 Å². The Morgan fingerprint density at radius 3 is 1.44 bits per heavy atom. The summed E-state index contributed by atoms with van der Waals surface area (Å²) >= 11 is 4.11. The number of rotatable bonds is 17. The first kappa shape index (κ1) is 30.5. The van der Waals surface area contributed by atoms with Crippen molar-refractivity contribution < 1.29 is 4.79 Å². The number of thiol groups is 1. The molecule has 0 aromatic carbocycles. The minimum atomic E-state index is 0.122. The summed E-state index contributed by atoms with van der Waals surface area (Å²) in [5.74, 6) is 0.812. The molecular weight excluding hydrogens is 410 g/mol. The Labute approximate surface area is 204 Å². The minimum absolute atomic E-state index is 0.122. The summed E-state index contributed by atoms with van der Waals surface area (Å²) in [6, 6.07) is 0. The highest BCUT2D eigenvalue weighted by atomic mass is 32.1. The summed E-state index contributed by atoms with van der Waals surface area (Å²) < 4.78 is 0. The molecule has 0 fully saturated rings. The van der Waals surface area contributed by atoms with Crippen molar-refractivity contribution >= 4 is 18.5 Å². The van der Waals surface area contributed by atoms with Crippen molar-refractivity contribution in [2.45, 2.75) is 106 Å². The third-order valence-corrected chi connectivity index (χ3v) is 5.71. The number of nitrogens with one attached hydrogen (secondary N) is 1. The predicted octanol–water partition coefficient (Wildman–Crippen LogP) is 8.68. The monoisotopic (exact) mass is 459 g/mol. The van der Waals surface area contributed by atoms with Gasteiger partial charge in [-0.1, -0.05) is 58.2 Å². The summed E-state index contributed by atoms with van der Waals surface area (Å²) in [5, 5.41) is 2.86. The van der Waals surface area contributed by atoms with Crippen LogP contribution in [0.2, 0.25) is 0 Å². The van der Waals surface area contributed by atoms with Gasteiger partial charge in [0.2, 0.25) is 5.91 Å². The van der Waals surface area contributed by atoms with Crippen LogP contribution < -0.4 is 5.32 Å². The van der Waals surface area contributed by atoms with Crippen LogP contribution in [0.25, 0.3) is 0 Å². The van der Waals surface area contributed by atoms with Crippen molar-refractivity contribution in [3.63, 3.8) is 0 Å². The van der Waals surface area contributed by atoms with Crippen molar-refractivity contribution in [2.75, 3.05) is 12.3 Å². The van der Waals surface area contributed by atoms with Gasteiger partial charge >= 0.3 is 0 Å². The molecule has 0 atom stereocenters. The molecule has 0 aliphatic carbocycles. The highest BCUT2D eigenvalue weighted by Gasteiger charge is 2.00. The van der Waals surface area contributed by atoms with Gasteiger partial charge < -0.3 is 5.32 Å². The van der Waals surface area contributed by atoms with E-state index >= 15 is 0 Å². The third kappa shape index (κ3) is 20.4. The van der Waals surface area contributed by atoms with Crippen LogP contribution in [0.15, 0.2) is 58.2 Å². The molecular formula is C29H49NOS. The van der Waals surface area contributed by atoms with Crippen LogP contribution in [0.4, 0.5) is 0 Å². The van der Waals surface area contributed by atoms with Gasteiger partial charge in [0.25, 0.3) is 0 Å². The van der Waals surface area contributed by atoms with E-state index in [1.807, 2.05) is 0 Å². The topological polar surface area (TPSA) is 29.1 Å². The van der Waals surface area contributed by atoms with E-state index in [1.54, 1.807) is 0 Å². The molecule has 0 aliphatic rings. The maximum Gasteiger partial charge on any atom is 0.220 e. The van der Waals surface area contributed by atoms with Crippen LogP contribution in [0.5, 0.6) is 0 Å². The van der Waals surface area contributed by atoms with Gasteiger partial charge in [-0.2, -0.15) is 12.6 Å². The first-order valence-electron chi connectivity index (χ1n) is 12.4. The lowest BCUT2D eigenvalue weighted by Gasteiger charge is -2.04. The van der Waals surface area contributed by atoms with Crippen LogP contribution in [-0.2, 0) is 4.79 Å². The number of amides is 1. The fraction of sp³-hybridized carbons (Fsp3) is 0.621. The molecule has 182 valence electrons. The molecule has 0 bridgehead atoms. The Morgan fingerprint density at radius 2 is 1.00 bits per heavy atom. The molecule has 32 heavy (non-hydrogen) atoms. The molecule has 0 unspecified atom stereocenters. The maximum atomic E-state index is 11.6. The first-order valence-corrected chi connectivity index (χ1v) is 13.0. The van der Waals surface area contributed by atoms with E-state index < -0.39 is 0 Å². The summed E-state index contributed by atoms with van der Waals surface area (Å²) in [4.78, 5) is 11.6. The molecule has 0 heterocycles. The summed E-state index contributed by atoms with van der Waals surface area (Å²) in [7, 11) is 0. The van der Waals surface area contributed by atoms with Gasteiger partial charge in [0, 0.05) is 18.7 Å². The van der Waals surface area contributed by atoms with E-state index in [1.165, 1.54) is 40.7 Å². The van der Waals surface area contributed by atoms with Crippen LogP contribution in [-0.4, -0.2) is 18.2 Å². The quantitative estimate of drug-likeness (QED) is 0.127. The van der Waals surface area contributed by atoms with E-state index in [9.17, 15) is 4.79 Å². The standard InChI is InChI=1S/C29H49NOS/c1-24(2)12-9-15-27(5)18-10-16-25(3)13-7-8-14-26(4)17-11-19-28(6)20-21-29(31)30-22-23-32/h12-14,18-19,32H,7-11,15-17,20-23H2,1-6H3,(H,30,31)/b25-13+,26-14+,27-18+,28-19+. The zero-order valence-electron chi connectivity index (χ0n) is 21.7. The molecule has 1 amide bonds. The summed E-state index contributed by atoms with van der Waals surface area (Å²) in [6.07, 6.45) is 22.3. The fourth-order valence-corrected chi connectivity index (χ4v) is 3.45. The number of allylic oxidation sites excluding steroid dienone is 10. The van der Waals surface area contributed by atoms with E-state index in [2.05, 4.69) is 89.9 Å². The number of hydrogen-bond donors (Lipinski definition) is 2. The molecule has 0 rings (SSSR count). The van der Waals surface area contributed by atoms with Crippen molar-refractivity contribution in [2.24, 2.45) is 0 Å². The van der Waals surface area contributed by atoms with Gasteiger partial charge in [0.15, 0.2) is 0 Å². The van der Waals surface area contributed by atoms with Crippen molar-refractivity contribution in [3.05, 3.63) is 58.2 Å². The summed E-state index contributed by atoms with van der Waals surface area (Å²) in [6.45, 7) is 13.8. The van der Waals surface area contributed by atoms with Crippen molar-refractivity contribution in [1.29, 1.82) is 0 Å². The average molecular weight is 460 g/mol. The third-order valence-electron chi connectivity index (χ3n) is 5.49. The van der Waals surface area contributed by atoms with E-state index in [0.29, 0.717) is 18.7 Å². The molecule has 0 aromatic rings. The largest absolute Gasteiger partial charge is 0.355 e. The van der Waals surface area contributed by atoms with Crippen molar-refractivity contribution in [1.82, 2.24) is 5.32 Å². The first-order chi connectivity index (χ1) is 15.2. The van der Waals surface area contributed by atoms with Crippen LogP contribution in [0, 0.1) is 0 Å². The average Bonchev–Trinajstić information content (AvgIpc) is 2.73. The van der Waals surface area contributed by atoms with Crippen LogP contribution in [0.1, 0.15) is 106 Å². The van der Waals surface area contributed by atoms with Gasteiger partial charge in [-0.15, -0.1) is 0 Å². The van der Waals surface area contributed by atoms with Crippen LogP contribution >= 0.6 is 12.6 Å². The molecule has 0 spiro atoms. The smallest absolute Gasteiger partial charge is 0.220 e. The lowest BCUT2D eigenvalue weighted by molar-refractivity contribution is -0.120. The Morgan fingerprint density at radius 1 is 0.594 bits per heavy atom. The highest BCUT2D eigenvalue weighted by Crippen LogP contribution is 2.14. The molecule has 0 saturated heterocycles. The minimum Gasteiger partial charge on any atom is -0.355 e. The lowest BCUT2D eigenvalue weighted by atomic mass is 10.0. The second kappa shape index (κ2) is 20.1. The zero-order valence-corrected chi connectivity index (χ0v) is 22.6. The van der Waals surface area contributed by atoms with E-state index in [-0.39, 0.29) is 5.91 Å². The van der Waals surface area contributed by atoms with Gasteiger partial charge in [-0.05, 0) is 99.3 Å². The summed E-state index contributed by atoms with van der Waals surface area (Å²) in [5.41, 5.74) is 7.19. The SMILES string of the molecule is CC(C)=CCC/C(C)=C/CC/C(C)=C/CC/C=C(\C)CC/C=C(\C)CCC(=O)NCCS. The number of carbonyl (C=O) groups is 1. The molecule has 0 radical (unpaired) electrons. The zero-order chi connectivity index (χ0) is 24.2. The van der Waals surface area contributed by atoms with Gasteiger partial charge in [-0.3, -0.25) is 4.79 Å². The van der Waals surface area contributed by atoms with Gasteiger partial charge in [0.05, 0.1) is 0 Å². The lowest BCUT2D eigenvalue weighted by Crippen LogP contribution is -2.24. The maximum absolute atomic E-state index is 11.6. The second-order valence-electron chi connectivity index (χ2n) is 9.25. The number of carbonyl (C=O) groups excluding carboxylic acids is 1. The Bertz CT molecular complexity index is 675. The second-order valence-corrected chi connectivity index (χ2v) is 9.70. The predicted molar refractivity (Wildman–Crippen MR) is 147 cm³/mol. The number of hydrogen-bond acceptors (Lipinski definition) is 2. The molecule has 0 aliphatic heterocycles.